The number of fused-ring (bicyclic) bond motifs is 2. The molecular formula is C38H50FN7O5. The van der Waals surface area contributed by atoms with Crippen molar-refractivity contribution < 1.29 is 28.4 Å². The van der Waals surface area contributed by atoms with Gasteiger partial charge in [0, 0.05) is 53.7 Å². The maximum Gasteiger partial charge on any atom is 0.319 e. The van der Waals surface area contributed by atoms with Gasteiger partial charge in [0.2, 0.25) is 5.88 Å². The Balaban J connectivity index is 1.19. The van der Waals surface area contributed by atoms with Crippen molar-refractivity contribution in [2.75, 3.05) is 70.4 Å². The Labute approximate surface area is 298 Å². The zero-order valence-electron chi connectivity index (χ0n) is 30.0. The summed E-state index contributed by atoms with van der Waals surface area (Å²) >= 11 is 0. The number of β-amino-alcohol motifs (C(OH)–C–C–N with tert-alkyl or cyclic N) is 1. The van der Waals surface area contributed by atoms with E-state index in [2.05, 4.69) is 9.88 Å². The average Bonchev–Trinajstić information content (AvgIpc) is 3.74. The first-order chi connectivity index (χ1) is 24.6. The van der Waals surface area contributed by atoms with Crippen molar-refractivity contribution in [3.05, 3.63) is 29.1 Å². The molecule has 4 N–H and O–H groups in total. The Morgan fingerprint density at radius 1 is 1.10 bits per heavy atom. The van der Waals surface area contributed by atoms with Crippen LogP contribution in [0.5, 0.6) is 11.9 Å². The number of benzene rings is 1. The fourth-order valence-corrected chi connectivity index (χ4v) is 9.84. The summed E-state index contributed by atoms with van der Waals surface area (Å²) in [6, 6.07) is 4.56. The molecule has 3 atom stereocenters. The first-order valence-electron chi connectivity index (χ1n) is 18.4. The van der Waals surface area contributed by atoms with Crippen molar-refractivity contribution in [3.63, 3.8) is 0 Å². The van der Waals surface area contributed by atoms with Gasteiger partial charge in [-0.25, -0.2) is 9.37 Å². The van der Waals surface area contributed by atoms with Gasteiger partial charge in [-0.05, 0) is 82.4 Å². The van der Waals surface area contributed by atoms with E-state index in [1.54, 1.807) is 19.1 Å². The number of anilines is 2. The van der Waals surface area contributed by atoms with Gasteiger partial charge in [-0.15, -0.1) is 0 Å². The number of nitrogen functional groups attached to an aromatic ring is 1. The molecule has 5 heterocycles. The van der Waals surface area contributed by atoms with Crippen molar-refractivity contribution in [3.8, 4) is 23.1 Å². The Morgan fingerprint density at radius 2 is 1.90 bits per heavy atom. The maximum atomic E-state index is 17.1. The number of methoxy groups -OCH3 is 1. The minimum absolute atomic E-state index is 0.0105. The third-order valence-electron chi connectivity index (χ3n) is 12.4. The molecule has 3 saturated heterocycles. The largest absolute Gasteiger partial charge is 0.480 e. The lowest BCUT2D eigenvalue weighted by atomic mass is 9.63. The summed E-state index contributed by atoms with van der Waals surface area (Å²) in [4.78, 5) is 19.0. The monoisotopic (exact) mass is 703 g/mol. The lowest BCUT2D eigenvalue weighted by Crippen LogP contribution is -2.60. The number of hydrogen-bond donors (Lipinski definition) is 3. The highest BCUT2D eigenvalue weighted by Crippen LogP contribution is 2.55. The predicted octanol–water partition coefficient (Wildman–Crippen LogP) is 4.90. The normalized spacial score (nSPS) is 31.0. The summed E-state index contributed by atoms with van der Waals surface area (Å²) in [6.45, 7) is 7.95. The van der Waals surface area contributed by atoms with Crippen LogP contribution in [0, 0.1) is 29.0 Å². The van der Waals surface area contributed by atoms with Gasteiger partial charge < -0.3 is 40.1 Å². The molecule has 0 amide bonds. The van der Waals surface area contributed by atoms with Gasteiger partial charge in [0.15, 0.2) is 5.82 Å². The van der Waals surface area contributed by atoms with Crippen LogP contribution in [-0.4, -0.2) is 109 Å². The summed E-state index contributed by atoms with van der Waals surface area (Å²) in [5.41, 5.74) is 7.17. The van der Waals surface area contributed by atoms with Gasteiger partial charge in [0.25, 0.3) is 0 Å². The van der Waals surface area contributed by atoms with Gasteiger partial charge in [-0.3, -0.25) is 4.90 Å². The highest BCUT2D eigenvalue weighted by Gasteiger charge is 2.55. The van der Waals surface area contributed by atoms with Crippen LogP contribution in [0.25, 0.3) is 22.2 Å². The summed E-state index contributed by atoms with van der Waals surface area (Å²) in [5.74, 6) is -0.213. The molecule has 12 nitrogen and oxygen atoms in total. The summed E-state index contributed by atoms with van der Waals surface area (Å²) in [5, 5.41) is 19.5. The first kappa shape index (κ1) is 34.4. The molecule has 2 saturated carbocycles. The zero-order valence-corrected chi connectivity index (χ0v) is 30.0. The molecule has 5 aliphatic rings. The van der Waals surface area contributed by atoms with Gasteiger partial charge >= 0.3 is 6.01 Å². The van der Waals surface area contributed by atoms with Crippen LogP contribution < -0.4 is 20.1 Å². The molecular weight excluding hydrogens is 653 g/mol. The second kappa shape index (κ2) is 13.1. The van der Waals surface area contributed by atoms with Crippen molar-refractivity contribution in [2.24, 2.45) is 10.8 Å². The molecule has 3 aromatic rings. The second-order valence-electron chi connectivity index (χ2n) is 16.0. The van der Waals surface area contributed by atoms with E-state index in [9.17, 15) is 5.11 Å². The van der Waals surface area contributed by atoms with E-state index in [1.807, 2.05) is 11.8 Å². The van der Waals surface area contributed by atoms with Gasteiger partial charge in [0.1, 0.15) is 28.0 Å². The minimum atomic E-state index is -1.18. The smallest absolute Gasteiger partial charge is 0.319 e. The van der Waals surface area contributed by atoms with E-state index in [0.29, 0.717) is 65.5 Å². The Kier molecular flexibility index (Phi) is 8.84. The maximum absolute atomic E-state index is 17.1. The number of pyridine rings is 1. The molecule has 2 aliphatic carbocycles. The Bertz CT molecular complexity index is 1830. The number of ether oxygens (including phenoxy) is 4. The highest BCUT2D eigenvalue weighted by atomic mass is 19.1. The number of nitrogens with two attached hydrogens (primary N) is 1. The molecule has 1 spiro atoms. The van der Waals surface area contributed by atoms with E-state index >= 15 is 4.39 Å². The van der Waals surface area contributed by atoms with Gasteiger partial charge in [0.05, 0.1) is 40.1 Å². The first-order valence-corrected chi connectivity index (χ1v) is 18.4. The highest BCUT2D eigenvalue weighted by molar-refractivity contribution is 6.00. The average molecular weight is 704 g/mol. The number of piperidine rings is 1. The molecule has 5 fully saturated rings. The number of halogens is 1. The van der Waals surface area contributed by atoms with Gasteiger partial charge in [-0.1, -0.05) is 12.5 Å². The van der Waals surface area contributed by atoms with Crippen LogP contribution in [-0.2, 0) is 9.47 Å². The number of hydrogen-bond acceptors (Lipinski definition) is 12. The molecule has 1 aromatic carbocycles. The van der Waals surface area contributed by atoms with Crippen LogP contribution in [0.3, 0.4) is 0 Å². The van der Waals surface area contributed by atoms with E-state index in [4.69, 9.17) is 40.1 Å². The predicted molar refractivity (Wildman–Crippen MR) is 192 cm³/mol. The number of nitrogens with zero attached hydrogens (tertiary/aromatic N) is 5. The number of aliphatic hydroxyl groups is 1. The third kappa shape index (κ3) is 5.99. The van der Waals surface area contributed by atoms with Crippen molar-refractivity contribution >= 4 is 28.6 Å². The van der Waals surface area contributed by atoms with E-state index in [-0.39, 0.29) is 47.1 Å². The van der Waals surface area contributed by atoms with E-state index < -0.39 is 11.4 Å². The minimum Gasteiger partial charge on any atom is -0.480 e. The quantitative estimate of drug-likeness (QED) is 0.217. The van der Waals surface area contributed by atoms with Crippen LogP contribution in [0.4, 0.5) is 15.9 Å². The molecule has 0 bridgehead atoms. The number of aromatic nitrogens is 3. The van der Waals surface area contributed by atoms with Crippen LogP contribution in [0.15, 0.2) is 12.1 Å². The molecule has 3 aliphatic heterocycles. The lowest BCUT2D eigenvalue weighted by Gasteiger charge is -2.56. The number of aryl methyl sites for hydroxylation is 1. The zero-order chi connectivity index (χ0) is 35.5. The number of likely N-dealkylation sites (tertiary alicyclic amines) is 1. The van der Waals surface area contributed by atoms with E-state index in [1.165, 1.54) is 26.4 Å². The fourth-order valence-electron chi connectivity index (χ4n) is 9.84. The lowest BCUT2D eigenvalue weighted by molar-refractivity contribution is -0.0813. The molecule has 274 valence electrons. The van der Waals surface area contributed by atoms with Crippen molar-refractivity contribution in [1.29, 1.82) is 5.41 Å². The summed E-state index contributed by atoms with van der Waals surface area (Å²) < 4.78 is 41.1. The fraction of sp³-hybridized carbons (Fsp3) is 0.632. The summed E-state index contributed by atoms with van der Waals surface area (Å²) in [7, 11) is 1.47. The third-order valence-corrected chi connectivity index (χ3v) is 12.4. The molecule has 51 heavy (non-hydrogen) atoms. The molecule has 2 aromatic heterocycles. The van der Waals surface area contributed by atoms with Crippen LogP contribution in [0.1, 0.15) is 69.4 Å². The molecule has 0 radical (unpaired) electrons. The van der Waals surface area contributed by atoms with Crippen molar-refractivity contribution in [1.82, 2.24) is 19.9 Å². The van der Waals surface area contributed by atoms with Crippen LogP contribution in [0.2, 0.25) is 0 Å². The Morgan fingerprint density at radius 3 is 2.67 bits per heavy atom. The SMILES string of the molecule is COc1nc(-c2c(C)ccc(N)c2C=N)c(F)c2nc(OC[C@]34CCC[C@H]3N(C3CC5(CCOC5)C3)CCC4)nc(N3CCOC[C@@](C)(O)C3)c12. The van der Waals surface area contributed by atoms with Gasteiger partial charge in [-0.2, -0.15) is 9.97 Å². The van der Waals surface area contributed by atoms with E-state index in [0.717, 1.165) is 58.1 Å². The summed E-state index contributed by atoms with van der Waals surface area (Å²) in [6.07, 6.45) is 10.3. The molecule has 13 heteroatoms. The number of nitrogens with one attached hydrogen (secondary N) is 1. The van der Waals surface area contributed by atoms with Crippen LogP contribution >= 0.6 is 0 Å². The standard InChI is InChI=1S/C38H50FN7O5/c1-23-7-8-26(41)25(18-40)28(23)31-30(39)32-29(34(42-31)48-3)33(45-13-15-50-20-36(2,47)19-45)44-35(43-32)51-22-38-9-4-6-27(38)46(12-5-10-38)24-16-37(17-24)11-14-49-21-37/h7-8,18,24,27,40,47H,4-6,9-17,19-22,41H2,1-3H3/t24?,27-,36+,37?,38-/m1/s1. The molecule has 8 rings (SSSR count). The number of rotatable bonds is 8. The van der Waals surface area contributed by atoms with Crippen molar-refractivity contribution in [2.45, 2.75) is 82.9 Å². The second-order valence-corrected chi connectivity index (χ2v) is 16.0. The Hall–Kier alpha value is -3.65. The topological polar surface area (TPSA) is 152 Å². The molecule has 0 unspecified atom stereocenters.